The van der Waals surface area contributed by atoms with Crippen molar-refractivity contribution in [3.63, 3.8) is 0 Å². The van der Waals surface area contributed by atoms with E-state index in [-0.39, 0.29) is 30.3 Å². The number of ether oxygens (including phenoxy) is 1. The Labute approximate surface area is 142 Å². The highest BCUT2D eigenvalue weighted by Crippen LogP contribution is 2.39. The molecule has 0 spiro atoms. The van der Waals surface area contributed by atoms with Gasteiger partial charge < -0.3 is 15.4 Å². The largest absolute Gasteiger partial charge is 0.462 e. The summed E-state index contributed by atoms with van der Waals surface area (Å²) in [6, 6.07) is 6.71. The molecular formula is C18H24N2O4. The highest BCUT2D eigenvalue weighted by Gasteiger charge is 2.48. The molecule has 0 bridgehead atoms. The second kappa shape index (κ2) is 8.47. The number of nitrogens with one attached hydrogen (secondary N) is 2. The molecule has 0 saturated heterocycles. The fourth-order valence-corrected chi connectivity index (χ4v) is 2.50. The van der Waals surface area contributed by atoms with E-state index in [1.807, 2.05) is 0 Å². The summed E-state index contributed by atoms with van der Waals surface area (Å²) >= 11 is 0. The van der Waals surface area contributed by atoms with Crippen LogP contribution in [-0.2, 0) is 14.3 Å². The Bertz CT molecular complexity index is 615. The summed E-state index contributed by atoms with van der Waals surface area (Å²) in [5.41, 5.74) is 0.732. The van der Waals surface area contributed by atoms with Crippen molar-refractivity contribution in [2.75, 3.05) is 18.5 Å². The molecule has 24 heavy (non-hydrogen) atoms. The molecule has 1 aliphatic carbocycles. The van der Waals surface area contributed by atoms with Crippen molar-refractivity contribution in [2.24, 2.45) is 11.8 Å². The van der Waals surface area contributed by atoms with E-state index in [1.54, 1.807) is 31.2 Å². The number of amides is 2. The van der Waals surface area contributed by atoms with Gasteiger partial charge >= 0.3 is 5.97 Å². The van der Waals surface area contributed by atoms with Gasteiger partial charge in [0.1, 0.15) is 0 Å². The topological polar surface area (TPSA) is 84.5 Å². The number of carbonyl (C=O) groups is 3. The van der Waals surface area contributed by atoms with Crippen LogP contribution in [0.2, 0.25) is 0 Å². The first kappa shape index (κ1) is 18.0. The Morgan fingerprint density at radius 2 is 1.83 bits per heavy atom. The van der Waals surface area contributed by atoms with Gasteiger partial charge in [-0.25, -0.2) is 4.79 Å². The Kier molecular flexibility index (Phi) is 6.35. The van der Waals surface area contributed by atoms with Gasteiger partial charge in [0.15, 0.2) is 0 Å². The number of esters is 1. The van der Waals surface area contributed by atoms with Crippen LogP contribution in [0, 0.1) is 11.8 Å². The molecule has 2 rings (SSSR count). The molecule has 130 valence electrons. The fourth-order valence-electron chi connectivity index (χ4n) is 2.50. The first-order valence-corrected chi connectivity index (χ1v) is 8.43. The number of unbranched alkanes of at least 4 members (excludes halogenated alkanes) is 1. The highest BCUT2D eigenvalue weighted by atomic mass is 16.5. The van der Waals surface area contributed by atoms with Crippen molar-refractivity contribution in [3.8, 4) is 0 Å². The van der Waals surface area contributed by atoms with Crippen LogP contribution >= 0.6 is 0 Å². The average molecular weight is 332 g/mol. The van der Waals surface area contributed by atoms with E-state index in [1.165, 1.54) is 0 Å². The second-order valence-corrected chi connectivity index (χ2v) is 5.85. The van der Waals surface area contributed by atoms with E-state index in [2.05, 4.69) is 17.6 Å². The van der Waals surface area contributed by atoms with Crippen LogP contribution in [0.1, 0.15) is 43.5 Å². The number of benzene rings is 1. The van der Waals surface area contributed by atoms with Crippen LogP contribution in [0.4, 0.5) is 5.69 Å². The van der Waals surface area contributed by atoms with Gasteiger partial charge in [0.05, 0.1) is 29.7 Å². The summed E-state index contributed by atoms with van der Waals surface area (Å²) in [6.45, 7) is 4.70. The van der Waals surface area contributed by atoms with Crippen LogP contribution in [0.15, 0.2) is 24.3 Å². The molecule has 1 aromatic carbocycles. The predicted octanol–water partition coefficient (Wildman–Crippen LogP) is 2.35. The highest BCUT2D eigenvalue weighted by molar-refractivity contribution is 6.04. The number of hydrogen-bond acceptors (Lipinski definition) is 4. The third-order valence-corrected chi connectivity index (χ3v) is 3.97. The molecule has 1 fully saturated rings. The summed E-state index contributed by atoms with van der Waals surface area (Å²) in [4.78, 5) is 36.2. The number of hydrogen-bond donors (Lipinski definition) is 2. The zero-order chi connectivity index (χ0) is 17.5. The van der Waals surface area contributed by atoms with E-state index >= 15 is 0 Å². The van der Waals surface area contributed by atoms with Gasteiger partial charge in [-0.1, -0.05) is 25.5 Å². The third kappa shape index (κ3) is 4.57. The number of carbonyl (C=O) groups excluding carboxylic acids is 3. The van der Waals surface area contributed by atoms with E-state index < -0.39 is 5.97 Å². The molecule has 6 nitrogen and oxygen atoms in total. The lowest BCUT2D eigenvalue weighted by Gasteiger charge is -2.10. The van der Waals surface area contributed by atoms with E-state index in [9.17, 15) is 14.4 Å². The minimum Gasteiger partial charge on any atom is -0.462 e. The molecule has 1 saturated carbocycles. The Morgan fingerprint density at radius 1 is 1.12 bits per heavy atom. The van der Waals surface area contributed by atoms with Gasteiger partial charge in [-0.2, -0.15) is 0 Å². The van der Waals surface area contributed by atoms with Crippen LogP contribution in [-0.4, -0.2) is 30.9 Å². The van der Waals surface area contributed by atoms with Gasteiger partial charge in [-0.3, -0.25) is 9.59 Å². The zero-order valence-corrected chi connectivity index (χ0v) is 14.1. The predicted molar refractivity (Wildman–Crippen MR) is 90.5 cm³/mol. The Morgan fingerprint density at radius 3 is 2.54 bits per heavy atom. The number of rotatable bonds is 8. The maximum atomic E-state index is 12.3. The van der Waals surface area contributed by atoms with Crippen molar-refractivity contribution < 1.29 is 19.1 Å². The molecule has 1 aliphatic rings. The minimum absolute atomic E-state index is 0.0673. The lowest BCUT2D eigenvalue weighted by molar-refractivity contribution is -0.125. The molecular weight excluding hydrogens is 308 g/mol. The van der Waals surface area contributed by atoms with Crippen LogP contribution in [0.25, 0.3) is 0 Å². The lowest BCUT2D eigenvalue weighted by Crippen LogP contribution is -2.28. The van der Waals surface area contributed by atoms with Crippen LogP contribution in [0.3, 0.4) is 0 Å². The number of anilines is 1. The average Bonchev–Trinajstić information content (AvgIpc) is 3.36. The molecule has 2 N–H and O–H groups in total. The third-order valence-electron chi connectivity index (χ3n) is 3.97. The Hall–Kier alpha value is -2.37. The van der Waals surface area contributed by atoms with Gasteiger partial charge in [0, 0.05) is 6.54 Å². The fraction of sp³-hybridized carbons (Fsp3) is 0.500. The van der Waals surface area contributed by atoms with Gasteiger partial charge in [-0.05, 0) is 31.9 Å². The van der Waals surface area contributed by atoms with Gasteiger partial charge in [0.25, 0.3) is 0 Å². The molecule has 0 aromatic heterocycles. The lowest BCUT2D eigenvalue weighted by atomic mass is 10.1. The van der Waals surface area contributed by atoms with Crippen molar-refractivity contribution in [3.05, 3.63) is 29.8 Å². The first-order valence-electron chi connectivity index (χ1n) is 8.43. The van der Waals surface area contributed by atoms with Crippen molar-refractivity contribution in [1.29, 1.82) is 0 Å². The SMILES string of the molecule is CCCCNC(=O)C1CC1C(=O)Nc1ccccc1C(=O)OCC. The quantitative estimate of drug-likeness (QED) is 0.565. The summed E-state index contributed by atoms with van der Waals surface area (Å²) in [5.74, 6) is -1.37. The molecule has 2 amide bonds. The first-order chi connectivity index (χ1) is 11.6. The minimum atomic E-state index is -0.474. The molecule has 6 heteroatoms. The van der Waals surface area contributed by atoms with Crippen molar-refractivity contribution >= 4 is 23.5 Å². The molecule has 0 radical (unpaired) electrons. The van der Waals surface area contributed by atoms with Crippen LogP contribution in [0.5, 0.6) is 0 Å². The second-order valence-electron chi connectivity index (χ2n) is 5.85. The van der Waals surface area contributed by atoms with Gasteiger partial charge in [-0.15, -0.1) is 0 Å². The summed E-state index contributed by atoms with van der Waals surface area (Å²) in [7, 11) is 0. The standard InChI is InChI=1S/C18H24N2O4/c1-3-5-10-19-16(21)13-11-14(13)17(22)20-15-9-7-6-8-12(15)18(23)24-4-2/h6-9,13-14H,3-5,10-11H2,1-2H3,(H,19,21)(H,20,22). The summed E-state index contributed by atoms with van der Waals surface area (Å²) in [6.07, 6.45) is 2.49. The summed E-state index contributed by atoms with van der Waals surface area (Å²) < 4.78 is 4.99. The zero-order valence-electron chi connectivity index (χ0n) is 14.1. The molecule has 2 atom stereocenters. The van der Waals surface area contributed by atoms with E-state index in [4.69, 9.17) is 4.74 Å². The van der Waals surface area contributed by atoms with E-state index in [0.717, 1.165) is 12.8 Å². The Balaban J connectivity index is 1.92. The normalized spacial score (nSPS) is 18.6. The van der Waals surface area contributed by atoms with Crippen molar-refractivity contribution in [1.82, 2.24) is 5.32 Å². The van der Waals surface area contributed by atoms with Crippen molar-refractivity contribution in [2.45, 2.75) is 33.1 Å². The monoisotopic (exact) mass is 332 g/mol. The smallest absolute Gasteiger partial charge is 0.340 e. The van der Waals surface area contributed by atoms with Crippen LogP contribution < -0.4 is 10.6 Å². The van der Waals surface area contributed by atoms with Gasteiger partial charge in [0.2, 0.25) is 11.8 Å². The molecule has 2 unspecified atom stereocenters. The summed E-state index contributed by atoms with van der Waals surface area (Å²) in [5, 5.41) is 5.59. The molecule has 1 aromatic rings. The molecule has 0 heterocycles. The maximum absolute atomic E-state index is 12.3. The molecule has 0 aliphatic heterocycles. The maximum Gasteiger partial charge on any atom is 0.340 e. The number of para-hydroxylation sites is 1. The van der Waals surface area contributed by atoms with E-state index in [0.29, 0.717) is 24.2 Å².